The van der Waals surface area contributed by atoms with Crippen LogP contribution in [0.2, 0.25) is 0 Å². The van der Waals surface area contributed by atoms with Gasteiger partial charge < -0.3 is 9.88 Å². The van der Waals surface area contributed by atoms with Crippen LogP contribution in [0.3, 0.4) is 0 Å². The van der Waals surface area contributed by atoms with E-state index in [0.29, 0.717) is 17.9 Å². The van der Waals surface area contributed by atoms with Crippen molar-refractivity contribution in [3.63, 3.8) is 0 Å². The lowest BCUT2D eigenvalue weighted by atomic mass is 10.1. The molecule has 1 N–H and O–H groups in total. The van der Waals surface area contributed by atoms with Crippen LogP contribution in [0.25, 0.3) is 11.5 Å². The number of hydrogen-bond donors (Lipinski definition) is 1. The summed E-state index contributed by atoms with van der Waals surface area (Å²) in [6.07, 6.45) is 10.8. The van der Waals surface area contributed by atoms with Crippen LogP contribution in [0.5, 0.6) is 0 Å². The van der Waals surface area contributed by atoms with Crippen LogP contribution in [0, 0.1) is 0 Å². The van der Waals surface area contributed by atoms with Gasteiger partial charge in [0.05, 0.1) is 0 Å². The summed E-state index contributed by atoms with van der Waals surface area (Å²) in [5.74, 6) is 0.527. The van der Waals surface area contributed by atoms with Gasteiger partial charge in [0, 0.05) is 42.6 Å². The Kier molecular flexibility index (Phi) is 4.42. The van der Waals surface area contributed by atoms with Gasteiger partial charge in [0.15, 0.2) is 0 Å². The molecule has 0 unspecified atom stereocenters. The number of rotatable bonds is 6. The second-order valence-electron chi connectivity index (χ2n) is 5.96. The minimum Gasteiger partial charge on any atom is -0.352 e. The SMILES string of the molecule is O=C(NCCCc1cnc2ncnn2c1)c1ccc(-n2cccc2)cc1. The number of aromatic nitrogens is 5. The normalized spacial score (nSPS) is 10.9. The Morgan fingerprint density at radius 2 is 1.88 bits per heavy atom. The van der Waals surface area contributed by atoms with Gasteiger partial charge in [-0.15, -0.1) is 0 Å². The van der Waals surface area contributed by atoms with E-state index in [9.17, 15) is 4.79 Å². The van der Waals surface area contributed by atoms with Crippen LogP contribution >= 0.6 is 0 Å². The van der Waals surface area contributed by atoms with E-state index in [4.69, 9.17) is 0 Å². The highest BCUT2D eigenvalue weighted by atomic mass is 16.1. The van der Waals surface area contributed by atoms with E-state index < -0.39 is 0 Å². The summed E-state index contributed by atoms with van der Waals surface area (Å²) >= 11 is 0. The lowest BCUT2D eigenvalue weighted by molar-refractivity contribution is 0.0953. The molecule has 0 bridgehead atoms. The lowest BCUT2D eigenvalue weighted by Crippen LogP contribution is -2.24. The summed E-state index contributed by atoms with van der Waals surface area (Å²) in [5, 5.41) is 7.03. The third kappa shape index (κ3) is 3.46. The number of fused-ring (bicyclic) bond motifs is 1. The van der Waals surface area contributed by atoms with Gasteiger partial charge in [0.25, 0.3) is 11.7 Å². The summed E-state index contributed by atoms with van der Waals surface area (Å²) < 4.78 is 3.65. The van der Waals surface area contributed by atoms with Crippen molar-refractivity contribution in [2.45, 2.75) is 12.8 Å². The quantitative estimate of drug-likeness (QED) is 0.543. The Hall–Kier alpha value is -3.48. The number of carbonyl (C=O) groups is 1. The molecule has 7 nitrogen and oxygen atoms in total. The Balaban J connectivity index is 1.28. The molecule has 3 heterocycles. The van der Waals surface area contributed by atoms with Gasteiger partial charge in [-0.2, -0.15) is 10.1 Å². The highest BCUT2D eigenvalue weighted by Crippen LogP contribution is 2.10. The molecular weight excluding hydrogens is 328 g/mol. The molecule has 4 rings (SSSR count). The monoisotopic (exact) mass is 346 g/mol. The van der Waals surface area contributed by atoms with Crippen molar-refractivity contribution in [1.82, 2.24) is 29.5 Å². The maximum Gasteiger partial charge on any atom is 0.252 e. The molecule has 1 aromatic carbocycles. The zero-order valence-electron chi connectivity index (χ0n) is 14.1. The summed E-state index contributed by atoms with van der Waals surface area (Å²) in [6, 6.07) is 11.5. The molecule has 0 aliphatic carbocycles. The number of nitrogens with zero attached hydrogens (tertiary/aromatic N) is 5. The number of aryl methyl sites for hydroxylation is 1. The van der Waals surface area contributed by atoms with Crippen molar-refractivity contribution in [3.8, 4) is 5.69 Å². The first kappa shape index (κ1) is 16.0. The van der Waals surface area contributed by atoms with Gasteiger partial charge in [-0.1, -0.05) is 0 Å². The molecule has 0 atom stereocenters. The zero-order valence-corrected chi connectivity index (χ0v) is 14.1. The number of nitrogens with one attached hydrogen (secondary N) is 1. The fourth-order valence-corrected chi connectivity index (χ4v) is 2.78. The van der Waals surface area contributed by atoms with E-state index in [1.807, 2.05) is 59.6 Å². The molecule has 0 fully saturated rings. The van der Waals surface area contributed by atoms with E-state index in [-0.39, 0.29) is 5.91 Å². The van der Waals surface area contributed by atoms with E-state index in [2.05, 4.69) is 20.4 Å². The molecule has 0 saturated heterocycles. The summed E-state index contributed by atoms with van der Waals surface area (Å²) in [6.45, 7) is 0.605. The van der Waals surface area contributed by atoms with Gasteiger partial charge in [-0.3, -0.25) is 4.79 Å². The molecule has 0 radical (unpaired) electrons. The number of amides is 1. The van der Waals surface area contributed by atoms with E-state index >= 15 is 0 Å². The molecule has 1 amide bonds. The minimum atomic E-state index is -0.0612. The number of hydrogen-bond acceptors (Lipinski definition) is 4. The van der Waals surface area contributed by atoms with E-state index in [1.54, 1.807) is 10.7 Å². The van der Waals surface area contributed by atoms with Crippen molar-refractivity contribution in [2.75, 3.05) is 6.54 Å². The van der Waals surface area contributed by atoms with Crippen LogP contribution in [0.15, 0.2) is 67.5 Å². The first-order chi connectivity index (χ1) is 12.8. The van der Waals surface area contributed by atoms with Crippen LogP contribution in [0.1, 0.15) is 22.3 Å². The fourth-order valence-electron chi connectivity index (χ4n) is 2.78. The first-order valence-corrected chi connectivity index (χ1v) is 8.45. The van der Waals surface area contributed by atoms with E-state index in [0.717, 1.165) is 24.1 Å². The molecule has 26 heavy (non-hydrogen) atoms. The highest BCUT2D eigenvalue weighted by Gasteiger charge is 2.05. The van der Waals surface area contributed by atoms with Gasteiger partial charge in [0.2, 0.25) is 0 Å². The Morgan fingerprint density at radius 3 is 2.69 bits per heavy atom. The molecule has 4 aromatic rings. The molecule has 0 spiro atoms. The smallest absolute Gasteiger partial charge is 0.252 e. The maximum atomic E-state index is 12.2. The second kappa shape index (κ2) is 7.18. The number of benzene rings is 1. The van der Waals surface area contributed by atoms with Gasteiger partial charge >= 0.3 is 0 Å². The van der Waals surface area contributed by atoms with Gasteiger partial charge in [0.1, 0.15) is 6.33 Å². The lowest BCUT2D eigenvalue weighted by Gasteiger charge is -2.07. The van der Waals surface area contributed by atoms with Crippen LogP contribution < -0.4 is 5.32 Å². The Bertz CT molecular complexity index is 1000. The molecule has 0 aliphatic rings. The topological polar surface area (TPSA) is 77.1 Å². The highest BCUT2D eigenvalue weighted by molar-refractivity contribution is 5.94. The first-order valence-electron chi connectivity index (χ1n) is 8.45. The average Bonchev–Trinajstić information content (AvgIpc) is 3.36. The third-order valence-electron chi connectivity index (χ3n) is 4.15. The molecule has 130 valence electrons. The molecule has 3 aromatic heterocycles. The standard InChI is InChI=1S/C19H18N6O/c26-18(16-5-7-17(8-6-16)24-10-1-2-11-24)20-9-3-4-15-12-21-19-22-14-23-25(19)13-15/h1-2,5-8,10-14H,3-4,9H2,(H,20,26). The fraction of sp³-hybridized carbons (Fsp3) is 0.158. The van der Waals surface area contributed by atoms with Gasteiger partial charge in [-0.05, 0) is 54.8 Å². The van der Waals surface area contributed by atoms with Crippen molar-refractivity contribution < 1.29 is 4.79 Å². The van der Waals surface area contributed by atoms with Gasteiger partial charge in [-0.25, -0.2) is 9.50 Å². The maximum absolute atomic E-state index is 12.2. The number of carbonyl (C=O) groups excluding carboxylic acids is 1. The Morgan fingerprint density at radius 1 is 1.08 bits per heavy atom. The van der Waals surface area contributed by atoms with Crippen molar-refractivity contribution in [2.24, 2.45) is 0 Å². The van der Waals surface area contributed by atoms with Crippen LogP contribution in [0.4, 0.5) is 0 Å². The molecule has 7 heteroatoms. The predicted molar refractivity (Wildman–Crippen MR) is 97.2 cm³/mol. The zero-order chi connectivity index (χ0) is 17.8. The third-order valence-corrected chi connectivity index (χ3v) is 4.15. The molecular formula is C19H18N6O. The largest absolute Gasteiger partial charge is 0.352 e. The molecule has 0 aliphatic heterocycles. The predicted octanol–water partition coefficient (Wildman–Crippen LogP) is 2.28. The second-order valence-corrected chi connectivity index (χ2v) is 5.96. The summed E-state index contributed by atoms with van der Waals surface area (Å²) in [7, 11) is 0. The minimum absolute atomic E-state index is 0.0612. The summed E-state index contributed by atoms with van der Waals surface area (Å²) in [4.78, 5) is 20.5. The Labute approximate surface area is 150 Å². The van der Waals surface area contributed by atoms with Crippen molar-refractivity contribution in [1.29, 1.82) is 0 Å². The average molecular weight is 346 g/mol. The summed E-state index contributed by atoms with van der Waals surface area (Å²) in [5.41, 5.74) is 2.75. The van der Waals surface area contributed by atoms with Crippen molar-refractivity contribution >= 4 is 11.7 Å². The van der Waals surface area contributed by atoms with E-state index in [1.165, 1.54) is 6.33 Å². The van der Waals surface area contributed by atoms with Crippen LogP contribution in [-0.2, 0) is 6.42 Å². The molecule has 0 saturated carbocycles. The van der Waals surface area contributed by atoms with Crippen molar-refractivity contribution in [3.05, 3.63) is 78.6 Å². The van der Waals surface area contributed by atoms with Crippen LogP contribution in [-0.4, -0.2) is 36.6 Å².